The van der Waals surface area contributed by atoms with E-state index >= 15 is 0 Å². The molecule has 2 heteroatoms. The van der Waals surface area contributed by atoms with Crippen molar-refractivity contribution in [2.24, 2.45) is 0 Å². The first-order valence-electron chi connectivity index (χ1n) is 5.19. The molecule has 0 spiro atoms. The third kappa shape index (κ3) is 0.884. The predicted molar refractivity (Wildman–Crippen MR) is 55.3 cm³/mol. The van der Waals surface area contributed by atoms with E-state index < -0.39 is 0 Å². The fourth-order valence-corrected chi connectivity index (χ4v) is 2.59. The number of carbonyl (C=O) groups is 1. The number of Topliss-reactive ketones (excluding diaryl/α,β-unsaturated/α-hetero) is 1. The Morgan fingerprint density at radius 3 is 3.00 bits per heavy atom. The Morgan fingerprint density at radius 2 is 2.14 bits per heavy atom. The molecule has 1 atom stereocenters. The molecular weight excluding hydrogens is 174 g/mol. The monoisotopic (exact) mass is 187 g/mol. The Kier molecular flexibility index (Phi) is 1.49. The maximum absolute atomic E-state index is 11.7. The van der Waals surface area contributed by atoms with Gasteiger partial charge in [-0.05, 0) is 37.5 Å². The standard InChI is InChI=1S/C12H13NO/c1-8-2-3-9-4-7-12(14)11-6-5-10(8)13(9)11/h2,5-6,9H,3-4,7H2,1H3. The van der Waals surface area contributed by atoms with Crippen LogP contribution < -0.4 is 0 Å². The van der Waals surface area contributed by atoms with E-state index in [-0.39, 0.29) is 0 Å². The molecule has 2 nitrogen and oxygen atoms in total. The first-order valence-corrected chi connectivity index (χ1v) is 5.19. The summed E-state index contributed by atoms with van der Waals surface area (Å²) in [4.78, 5) is 11.7. The van der Waals surface area contributed by atoms with Gasteiger partial charge in [0.05, 0.1) is 5.69 Å². The van der Waals surface area contributed by atoms with Gasteiger partial charge in [-0.25, -0.2) is 0 Å². The first kappa shape index (κ1) is 8.04. The van der Waals surface area contributed by atoms with Crippen molar-refractivity contribution in [3.05, 3.63) is 29.6 Å². The normalized spacial score (nSPS) is 24.5. The van der Waals surface area contributed by atoms with Gasteiger partial charge in [0.1, 0.15) is 0 Å². The van der Waals surface area contributed by atoms with Gasteiger partial charge < -0.3 is 4.57 Å². The molecule has 0 fully saturated rings. The van der Waals surface area contributed by atoms with E-state index in [2.05, 4.69) is 23.6 Å². The molecule has 2 aliphatic heterocycles. The largest absolute Gasteiger partial charge is 0.335 e. The van der Waals surface area contributed by atoms with E-state index in [4.69, 9.17) is 0 Å². The minimum absolute atomic E-state index is 0.308. The molecule has 72 valence electrons. The Bertz CT molecular complexity index is 439. The average molecular weight is 187 g/mol. The van der Waals surface area contributed by atoms with Crippen LogP contribution >= 0.6 is 0 Å². The SMILES string of the molecule is CC1=CCC2CCC(=O)c3ccc1n32. The van der Waals surface area contributed by atoms with Gasteiger partial charge in [-0.1, -0.05) is 6.08 Å². The van der Waals surface area contributed by atoms with E-state index in [0.717, 1.165) is 25.0 Å². The Labute approximate surface area is 83.2 Å². The van der Waals surface area contributed by atoms with Gasteiger partial charge in [-0.3, -0.25) is 4.79 Å². The van der Waals surface area contributed by atoms with Crippen LogP contribution in [0.25, 0.3) is 5.57 Å². The number of allylic oxidation sites excluding steroid dienone is 2. The summed E-state index contributed by atoms with van der Waals surface area (Å²) in [6, 6.07) is 4.60. The molecule has 1 unspecified atom stereocenters. The van der Waals surface area contributed by atoms with Gasteiger partial charge in [-0.15, -0.1) is 0 Å². The molecule has 0 bridgehead atoms. The van der Waals surface area contributed by atoms with Crippen molar-refractivity contribution in [3.63, 3.8) is 0 Å². The number of nitrogens with zero attached hydrogens (tertiary/aromatic N) is 1. The van der Waals surface area contributed by atoms with E-state index in [1.54, 1.807) is 0 Å². The predicted octanol–water partition coefficient (Wildman–Crippen LogP) is 2.81. The van der Waals surface area contributed by atoms with Crippen LogP contribution in [0.15, 0.2) is 18.2 Å². The van der Waals surface area contributed by atoms with Crippen LogP contribution in [0.4, 0.5) is 0 Å². The molecule has 3 heterocycles. The third-order valence-electron chi connectivity index (χ3n) is 3.37. The van der Waals surface area contributed by atoms with Gasteiger partial charge in [0.2, 0.25) is 0 Å². The van der Waals surface area contributed by atoms with E-state index in [1.807, 2.05) is 6.07 Å². The van der Waals surface area contributed by atoms with Crippen LogP contribution in [-0.2, 0) is 0 Å². The molecule has 3 rings (SSSR count). The van der Waals surface area contributed by atoms with Crippen LogP contribution in [0.3, 0.4) is 0 Å². The van der Waals surface area contributed by atoms with Gasteiger partial charge in [0.15, 0.2) is 5.78 Å². The van der Waals surface area contributed by atoms with Gasteiger partial charge >= 0.3 is 0 Å². The summed E-state index contributed by atoms with van der Waals surface area (Å²) in [5.41, 5.74) is 3.47. The molecule has 0 N–H and O–H groups in total. The van der Waals surface area contributed by atoms with Crippen molar-refractivity contribution in [1.29, 1.82) is 0 Å². The maximum Gasteiger partial charge on any atom is 0.179 e. The summed E-state index contributed by atoms with van der Waals surface area (Å²) in [5.74, 6) is 0.308. The second kappa shape index (κ2) is 2.59. The van der Waals surface area contributed by atoms with Crippen LogP contribution in [0.2, 0.25) is 0 Å². The highest BCUT2D eigenvalue weighted by Gasteiger charge is 2.28. The zero-order chi connectivity index (χ0) is 9.71. The number of rotatable bonds is 0. The van der Waals surface area contributed by atoms with Crippen LogP contribution in [0, 0.1) is 0 Å². The highest BCUT2D eigenvalue weighted by atomic mass is 16.1. The zero-order valence-corrected chi connectivity index (χ0v) is 8.29. The minimum Gasteiger partial charge on any atom is -0.335 e. The lowest BCUT2D eigenvalue weighted by Gasteiger charge is -2.30. The highest BCUT2D eigenvalue weighted by molar-refractivity contribution is 5.96. The zero-order valence-electron chi connectivity index (χ0n) is 8.29. The van der Waals surface area contributed by atoms with Crippen molar-refractivity contribution in [2.45, 2.75) is 32.2 Å². The third-order valence-corrected chi connectivity index (χ3v) is 3.37. The van der Waals surface area contributed by atoms with Crippen molar-refractivity contribution >= 4 is 11.4 Å². The van der Waals surface area contributed by atoms with Gasteiger partial charge in [0.25, 0.3) is 0 Å². The fourth-order valence-electron chi connectivity index (χ4n) is 2.59. The summed E-state index contributed by atoms with van der Waals surface area (Å²) in [7, 11) is 0. The second-order valence-electron chi connectivity index (χ2n) is 4.21. The van der Waals surface area contributed by atoms with Crippen LogP contribution in [0.1, 0.15) is 48.4 Å². The summed E-state index contributed by atoms with van der Waals surface area (Å²) >= 11 is 0. The Balaban J connectivity index is 2.26. The lowest BCUT2D eigenvalue weighted by Crippen LogP contribution is -2.24. The van der Waals surface area contributed by atoms with E-state index in [9.17, 15) is 4.79 Å². The lowest BCUT2D eigenvalue weighted by molar-refractivity contribution is 0.0941. The van der Waals surface area contributed by atoms with Crippen molar-refractivity contribution in [3.8, 4) is 0 Å². The van der Waals surface area contributed by atoms with Crippen molar-refractivity contribution in [2.75, 3.05) is 0 Å². The molecule has 0 saturated heterocycles. The molecule has 0 aromatic carbocycles. The van der Waals surface area contributed by atoms with Crippen LogP contribution in [0.5, 0.6) is 0 Å². The van der Waals surface area contributed by atoms with Gasteiger partial charge in [-0.2, -0.15) is 0 Å². The van der Waals surface area contributed by atoms with Crippen molar-refractivity contribution < 1.29 is 4.79 Å². The minimum atomic E-state index is 0.308. The van der Waals surface area contributed by atoms with E-state index in [0.29, 0.717) is 11.8 Å². The summed E-state index contributed by atoms with van der Waals surface area (Å²) in [6.07, 6.45) is 5.12. The number of aromatic nitrogens is 1. The molecule has 1 aromatic heterocycles. The fraction of sp³-hybridized carbons (Fsp3) is 0.417. The summed E-state index contributed by atoms with van der Waals surface area (Å²) < 4.78 is 2.24. The summed E-state index contributed by atoms with van der Waals surface area (Å²) in [6.45, 7) is 2.12. The molecule has 1 aromatic rings. The molecule has 14 heavy (non-hydrogen) atoms. The Morgan fingerprint density at radius 1 is 1.36 bits per heavy atom. The first-order chi connectivity index (χ1) is 6.77. The van der Waals surface area contributed by atoms with Crippen molar-refractivity contribution in [1.82, 2.24) is 4.57 Å². The molecule has 2 aliphatic rings. The molecule has 0 aliphatic carbocycles. The topological polar surface area (TPSA) is 22.0 Å². The Hall–Kier alpha value is -1.31. The number of ketones is 1. The number of carbonyl (C=O) groups excluding carboxylic acids is 1. The molecule has 0 saturated carbocycles. The number of hydrogen-bond acceptors (Lipinski definition) is 1. The highest BCUT2D eigenvalue weighted by Crippen LogP contribution is 2.36. The molecule has 0 amide bonds. The average Bonchev–Trinajstić information content (AvgIpc) is 2.62. The van der Waals surface area contributed by atoms with E-state index in [1.165, 1.54) is 11.3 Å². The quantitative estimate of drug-likeness (QED) is 0.612. The lowest BCUT2D eigenvalue weighted by atomic mass is 9.95. The van der Waals surface area contributed by atoms with Crippen LogP contribution in [-0.4, -0.2) is 10.4 Å². The maximum atomic E-state index is 11.7. The number of hydrogen-bond donors (Lipinski definition) is 0. The van der Waals surface area contributed by atoms with Gasteiger partial charge in [0, 0.05) is 18.2 Å². The summed E-state index contributed by atoms with van der Waals surface area (Å²) in [5, 5.41) is 0. The smallest absolute Gasteiger partial charge is 0.179 e. The second-order valence-corrected chi connectivity index (χ2v) is 4.21. The molecule has 0 radical (unpaired) electrons. The molecular formula is C12H13NO.